The van der Waals surface area contributed by atoms with E-state index in [-0.39, 0.29) is 301 Å². The Morgan fingerprint density at radius 2 is 0.844 bits per heavy atom. The van der Waals surface area contributed by atoms with Gasteiger partial charge in [-0.25, -0.2) is 4.98 Å². The Kier molecular flexibility index (Phi) is 40.8. The predicted molar refractivity (Wildman–Crippen MR) is 467 cm³/mol. The van der Waals surface area contributed by atoms with Gasteiger partial charge in [0, 0.05) is 316 Å². The Hall–Kier alpha value is -4.99. The number of furan rings is 1. The van der Waals surface area contributed by atoms with Crippen LogP contribution in [0.4, 0.5) is 0 Å². The predicted octanol–water partition coefficient (Wildman–Crippen LogP) is 24.5. The summed E-state index contributed by atoms with van der Waals surface area (Å²) in [6, 6.07) is 97.1. The molecule has 0 bridgehead atoms. The molecule has 14 nitrogen and oxygen atoms in total. The van der Waals surface area contributed by atoms with Crippen LogP contribution in [0.15, 0.2) is 272 Å². The number of hydrogen-bond acceptors (Lipinski definition) is 10. The SMILES string of the molecule is CCCOc1cn2c3ccccc3c3ccc[c-]c3c2n1.COc1cnc2c3[c-]cccc3c3ccccc3n12.Cc1ccc(C)c2c1c1ccc[c-]c1c1nccn12.[CH3-].[CH3-].[CH3-].[CH3-].[CH3-].[Ir].[Ir].[Ir].[Ir].[Ir].[Y].[Y].[Y].[Y].[Y].[c-]1cccc2c1c1nc3c4ccccc4oc3n1c1ccccc21.[c-]1cccc2c1c1nc3c4ncccc4sc3n1c1ccccc21. The van der Waals surface area contributed by atoms with Crippen LogP contribution in [0.3, 0.4) is 0 Å². The molecule has 0 unspecified atom stereocenters. The Bertz CT molecular complexity index is 7460. The zero-order valence-electron chi connectivity index (χ0n) is 67.9. The van der Waals surface area contributed by atoms with E-state index in [1.54, 1.807) is 24.6 Å². The molecule has 24 rings (SSSR count). The van der Waals surface area contributed by atoms with Crippen LogP contribution in [0.2, 0.25) is 0 Å². The number of para-hydroxylation sites is 5. The molecule has 13 heterocycles. The fourth-order valence-electron chi connectivity index (χ4n) is 15.5. The molecule has 0 saturated carbocycles. The van der Waals surface area contributed by atoms with E-state index in [1.165, 1.54) is 75.3 Å². The van der Waals surface area contributed by atoms with Gasteiger partial charge in [-0.3, -0.25) is 24.9 Å². The largest absolute Gasteiger partial charge is 0.481 e. The fourth-order valence-corrected chi connectivity index (χ4v) is 16.7. The molecule has 612 valence electrons. The quantitative estimate of drug-likeness (QED) is 0.125. The van der Waals surface area contributed by atoms with Crippen LogP contribution in [0.1, 0.15) is 24.5 Å². The number of fused-ring (bicyclic) bond motifs is 38. The number of aromatic nitrogens is 11. The average Bonchev–Trinajstić information content (AvgIpc) is 1.55. The monoisotopic (exact) mass is 2880 g/mol. The third-order valence-corrected chi connectivity index (χ3v) is 21.3. The first kappa shape index (κ1) is 108. The molecule has 0 fully saturated rings. The average molecular weight is 2880 g/mol. The third kappa shape index (κ3) is 18.8. The van der Waals surface area contributed by atoms with Crippen LogP contribution in [-0.2, 0) is 264 Å². The number of nitrogens with zero attached hydrogens (tertiary/aromatic N) is 11. The maximum atomic E-state index is 6.15. The van der Waals surface area contributed by atoms with Crippen LogP contribution < -0.4 is 9.47 Å². The van der Waals surface area contributed by atoms with Crippen molar-refractivity contribution in [3.8, 4) is 11.8 Å². The molecule has 0 aliphatic carbocycles. The van der Waals surface area contributed by atoms with Crippen molar-refractivity contribution in [1.82, 2.24) is 51.9 Å². The fraction of sp³-hybridized carbons (Fsp3) is 0.0619. The number of methoxy groups -OCH3 is 1. The van der Waals surface area contributed by atoms with Crippen molar-refractivity contribution < 1.29 is 278 Å². The molecule has 0 saturated heterocycles. The second kappa shape index (κ2) is 46.3. The summed E-state index contributed by atoms with van der Waals surface area (Å²) >= 11 is 1.75. The van der Waals surface area contributed by atoms with Gasteiger partial charge >= 0.3 is 0 Å². The van der Waals surface area contributed by atoms with Crippen LogP contribution in [-0.4, -0.2) is 65.6 Å². The molecule has 0 aliphatic rings. The Morgan fingerprint density at radius 3 is 1.40 bits per heavy atom. The van der Waals surface area contributed by atoms with E-state index in [1.807, 2.05) is 132 Å². The Balaban J connectivity index is 0.000000264. The van der Waals surface area contributed by atoms with Gasteiger partial charge in [0.1, 0.15) is 27.0 Å². The van der Waals surface area contributed by atoms with E-state index in [4.69, 9.17) is 23.9 Å². The van der Waals surface area contributed by atoms with Gasteiger partial charge in [-0.15, -0.1) is 160 Å². The van der Waals surface area contributed by atoms with Crippen molar-refractivity contribution in [2.24, 2.45) is 0 Å². The standard InChI is InChI=1S/C21H11N2O.C20H10N3S.C18H15N2O.C17H13N2.C16H11N2O.5CH3.5Ir.5Y/c1-2-9-15-13(7-1)14-8-3-5-11-17(14)23-20(15)22-19-16-10-4-6-12-18(16)24-21(19)23;1-2-8-14-12(6-1)13-7-3-4-9-15(13)23-19(14)22-18-17-16(24-20(18)23)10-5-11-21-17;1-2-11-21-17-12-20-16-10-6-5-8-14(16)13-7-3-4-9-15(13)18(20)19-17;1-11-7-8-12(2)16-15(11)13-5-3-4-6-14(13)17-18-9-10-19(16)17;1-19-15-10-17-16-13-8-3-2-6-11(13)12-7-4-5-9-14(12)18(15)16;;;;;;;;;;;;;;;/h1-8,10-12H;1-7,9-11H;3-8,10,12H,2,11H2,1H3;3-5,7-10H,1-2H3;2-7,9-10H,1H3;5*1H3;;;;;;;;;;/q10*-1;;;;;;;;;;. The van der Waals surface area contributed by atoms with Crippen LogP contribution in [0.25, 0.3) is 179 Å². The molecular formula is C97H75Ir5N11O3SY5-10. The van der Waals surface area contributed by atoms with E-state index in [0.717, 1.165) is 127 Å². The van der Waals surface area contributed by atoms with Gasteiger partial charge < -0.3 is 73.0 Å². The van der Waals surface area contributed by atoms with E-state index in [9.17, 15) is 0 Å². The number of aryl methyl sites for hydroxylation is 2. The van der Waals surface area contributed by atoms with E-state index >= 15 is 0 Å². The summed E-state index contributed by atoms with van der Waals surface area (Å²) in [7, 11) is 1.66. The van der Waals surface area contributed by atoms with Crippen LogP contribution >= 0.6 is 11.3 Å². The van der Waals surface area contributed by atoms with E-state index in [0.29, 0.717) is 12.5 Å². The summed E-state index contributed by atoms with van der Waals surface area (Å²) in [5, 5.41) is 18.3. The molecule has 0 atom stereocenters. The summed E-state index contributed by atoms with van der Waals surface area (Å²) in [5.74, 6) is 1.41. The van der Waals surface area contributed by atoms with Crippen molar-refractivity contribution >= 4 is 191 Å². The van der Waals surface area contributed by atoms with Crippen molar-refractivity contribution in [2.45, 2.75) is 27.2 Å². The summed E-state index contributed by atoms with van der Waals surface area (Å²) in [6.07, 6.45) is 10.4. The van der Waals surface area contributed by atoms with Gasteiger partial charge in [0.15, 0.2) is 0 Å². The van der Waals surface area contributed by atoms with Gasteiger partial charge in [0.25, 0.3) is 0 Å². The van der Waals surface area contributed by atoms with Gasteiger partial charge in [0.05, 0.1) is 59.0 Å². The molecule has 0 aliphatic heterocycles. The first-order chi connectivity index (χ1) is 52.9. The van der Waals surface area contributed by atoms with Gasteiger partial charge in [0.2, 0.25) is 17.5 Å². The maximum Gasteiger partial charge on any atom is 0.223 e. The number of thiophene rings is 1. The van der Waals surface area contributed by atoms with Crippen molar-refractivity contribution in [3.63, 3.8) is 0 Å². The number of ether oxygens (including phenoxy) is 2. The molecule has 10 radical (unpaired) electrons. The Morgan fingerprint density at radius 1 is 0.393 bits per heavy atom. The zero-order valence-corrected chi connectivity index (χ0v) is 94.9. The normalized spacial score (nSPS) is 10.4. The molecule has 0 spiro atoms. The first-order valence-electron chi connectivity index (χ1n) is 35.5. The minimum absolute atomic E-state index is 0. The third-order valence-electron chi connectivity index (χ3n) is 20.2. The van der Waals surface area contributed by atoms with Crippen molar-refractivity contribution in [2.75, 3.05) is 13.7 Å². The van der Waals surface area contributed by atoms with E-state index in [2.05, 4.69) is 222 Å². The molecular weight excluding hydrogens is 2800 g/mol. The number of benzene rings is 11. The van der Waals surface area contributed by atoms with Gasteiger partial charge in [-0.1, -0.05) is 136 Å². The second-order valence-electron chi connectivity index (χ2n) is 26.4. The van der Waals surface area contributed by atoms with E-state index < -0.39 is 0 Å². The molecule has 24 aromatic rings. The van der Waals surface area contributed by atoms with Crippen LogP contribution in [0, 0.1) is 81.3 Å². The summed E-state index contributed by atoms with van der Waals surface area (Å²) in [5.41, 5.74) is 17.5. The van der Waals surface area contributed by atoms with Gasteiger partial charge in [-0.2, -0.15) is 0 Å². The number of rotatable bonds is 4. The maximum absolute atomic E-state index is 6.15. The summed E-state index contributed by atoms with van der Waals surface area (Å²) < 4.78 is 29.1. The minimum atomic E-state index is 0. The Labute approximate surface area is 905 Å². The molecule has 0 amide bonds. The zero-order chi connectivity index (χ0) is 71.4. The topological polar surface area (TPSA) is 131 Å². The number of imidazole rings is 5. The van der Waals surface area contributed by atoms with Crippen LogP contribution in [0.5, 0.6) is 11.8 Å². The minimum Gasteiger partial charge on any atom is -0.481 e. The molecule has 25 heteroatoms. The summed E-state index contributed by atoms with van der Waals surface area (Å²) in [4.78, 5) is 29.2. The van der Waals surface area contributed by atoms with Crippen molar-refractivity contribution in [1.29, 1.82) is 0 Å². The second-order valence-corrected chi connectivity index (χ2v) is 27.4. The number of hydrogen-bond donors (Lipinski definition) is 0. The number of pyridine rings is 6. The molecule has 122 heavy (non-hydrogen) atoms. The molecule has 13 aromatic heterocycles. The van der Waals surface area contributed by atoms with Gasteiger partial charge in [-0.05, 0) is 101 Å². The van der Waals surface area contributed by atoms with Crippen molar-refractivity contribution in [3.05, 3.63) is 346 Å². The smallest absolute Gasteiger partial charge is 0.223 e. The molecule has 11 aromatic carbocycles. The first-order valence-corrected chi connectivity index (χ1v) is 36.3. The summed E-state index contributed by atoms with van der Waals surface area (Å²) in [6.45, 7) is 7.09. The molecule has 0 N–H and O–H groups in total.